The van der Waals surface area contributed by atoms with Crippen LogP contribution >= 0.6 is 0 Å². The monoisotopic (exact) mass is 306 g/mol. The van der Waals surface area contributed by atoms with E-state index in [0.717, 1.165) is 24.3 Å². The highest BCUT2D eigenvalue weighted by atomic mass is 15.2. The average Bonchev–Trinajstić information content (AvgIpc) is 2.93. The van der Waals surface area contributed by atoms with E-state index in [1.807, 2.05) is 12.3 Å². The lowest BCUT2D eigenvalue weighted by atomic mass is 9.96. The molecular weight excluding hydrogens is 284 g/mol. The van der Waals surface area contributed by atoms with Crippen molar-refractivity contribution in [2.45, 2.75) is 25.3 Å². The Balaban J connectivity index is 1.55. The SMILES string of the molecule is Cn1c(C2CCCN(Cc3ccccc3)C2)nc2ncccc21. The second kappa shape index (κ2) is 6.13. The summed E-state index contributed by atoms with van der Waals surface area (Å²) in [5, 5.41) is 0. The Morgan fingerprint density at radius 3 is 2.83 bits per heavy atom. The number of pyridine rings is 1. The summed E-state index contributed by atoms with van der Waals surface area (Å²) in [5.41, 5.74) is 3.38. The minimum atomic E-state index is 0.492. The van der Waals surface area contributed by atoms with E-state index in [1.165, 1.54) is 30.8 Å². The summed E-state index contributed by atoms with van der Waals surface area (Å²) < 4.78 is 2.22. The Labute approximate surface area is 136 Å². The van der Waals surface area contributed by atoms with Crippen LogP contribution in [0.2, 0.25) is 0 Å². The number of aryl methyl sites for hydroxylation is 1. The van der Waals surface area contributed by atoms with Crippen molar-refractivity contribution < 1.29 is 0 Å². The maximum Gasteiger partial charge on any atom is 0.177 e. The van der Waals surface area contributed by atoms with Gasteiger partial charge in [-0.2, -0.15) is 0 Å². The lowest BCUT2D eigenvalue weighted by Crippen LogP contribution is -2.34. The second-order valence-electron chi connectivity index (χ2n) is 6.44. The zero-order valence-corrected chi connectivity index (χ0v) is 13.5. The summed E-state index contributed by atoms with van der Waals surface area (Å²) in [6.07, 6.45) is 4.26. The number of rotatable bonds is 3. The summed E-state index contributed by atoms with van der Waals surface area (Å²) in [7, 11) is 2.11. The van der Waals surface area contributed by atoms with Crippen molar-refractivity contribution in [1.29, 1.82) is 0 Å². The Morgan fingerprint density at radius 1 is 1.13 bits per heavy atom. The van der Waals surface area contributed by atoms with Gasteiger partial charge in [0.1, 0.15) is 5.82 Å². The molecule has 1 fully saturated rings. The van der Waals surface area contributed by atoms with Crippen molar-refractivity contribution in [3.8, 4) is 0 Å². The lowest BCUT2D eigenvalue weighted by Gasteiger charge is -2.32. The average molecular weight is 306 g/mol. The predicted molar refractivity (Wildman–Crippen MR) is 92.2 cm³/mol. The Morgan fingerprint density at radius 2 is 2.00 bits per heavy atom. The molecule has 1 aromatic carbocycles. The van der Waals surface area contributed by atoms with Gasteiger partial charge in [-0.3, -0.25) is 4.90 Å². The van der Waals surface area contributed by atoms with Crippen LogP contribution < -0.4 is 0 Å². The smallest absolute Gasteiger partial charge is 0.177 e. The molecule has 2 aromatic heterocycles. The van der Waals surface area contributed by atoms with E-state index in [0.29, 0.717) is 5.92 Å². The van der Waals surface area contributed by atoms with Gasteiger partial charge >= 0.3 is 0 Å². The molecule has 1 saturated heterocycles. The van der Waals surface area contributed by atoms with Crippen LogP contribution in [0.25, 0.3) is 11.2 Å². The highest BCUT2D eigenvalue weighted by Gasteiger charge is 2.25. The summed E-state index contributed by atoms with van der Waals surface area (Å²) in [5.74, 6) is 1.67. The van der Waals surface area contributed by atoms with E-state index in [2.05, 4.69) is 57.9 Å². The fraction of sp³-hybridized carbons (Fsp3) is 0.368. The maximum absolute atomic E-state index is 4.80. The van der Waals surface area contributed by atoms with Gasteiger partial charge in [0.05, 0.1) is 5.52 Å². The van der Waals surface area contributed by atoms with Gasteiger partial charge in [-0.25, -0.2) is 9.97 Å². The van der Waals surface area contributed by atoms with Gasteiger partial charge < -0.3 is 4.57 Å². The van der Waals surface area contributed by atoms with Gasteiger partial charge in [-0.05, 0) is 37.1 Å². The molecule has 1 aliphatic heterocycles. The van der Waals surface area contributed by atoms with E-state index in [1.54, 1.807) is 0 Å². The molecule has 0 saturated carbocycles. The van der Waals surface area contributed by atoms with Crippen LogP contribution in [-0.4, -0.2) is 32.5 Å². The first-order chi connectivity index (χ1) is 11.3. The lowest BCUT2D eigenvalue weighted by molar-refractivity contribution is 0.195. The number of nitrogens with zero attached hydrogens (tertiary/aromatic N) is 4. The normalized spacial score (nSPS) is 19.3. The molecule has 3 heterocycles. The Hall–Kier alpha value is -2.20. The molecule has 0 bridgehead atoms. The summed E-state index contributed by atoms with van der Waals surface area (Å²) >= 11 is 0. The zero-order valence-electron chi connectivity index (χ0n) is 13.5. The molecule has 0 N–H and O–H groups in total. The van der Waals surface area contributed by atoms with Gasteiger partial charge in [0, 0.05) is 32.3 Å². The van der Waals surface area contributed by atoms with Crippen molar-refractivity contribution in [1.82, 2.24) is 19.4 Å². The standard InChI is InChI=1S/C19H22N4/c1-22-17-10-5-11-20-18(17)21-19(22)16-9-6-12-23(14-16)13-15-7-3-2-4-8-15/h2-5,7-8,10-11,16H,6,9,12-14H2,1H3. The zero-order chi connectivity index (χ0) is 15.6. The highest BCUT2D eigenvalue weighted by molar-refractivity contribution is 5.71. The first-order valence-electron chi connectivity index (χ1n) is 8.35. The molecule has 0 amide bonds. The van der Waals surface area contributed by atoms with Crippen LogP contribution in [-0.2, 0) is 13.6 Å². The molecule has 1 atom stereocenters. The van der Waals surface area contributed by atoms with Gasteiger partial charge in [0.15, 0.2) is 5.65 Å². The molecule has 118 valence electrons. The predicted octanol–water partition coefficient (Wildman–Crippen LogP) is 3.35. The molecule has 0 aliphatic carbocycles. The first kappa shape index (κ1) is 14.4. The van der Waals surface area contributed by atoms with Crippen LogP contribution in [0.15, 0.2) is 48.7 Å². The molecule has 0 radical (unpaired) electrons. The molecule has 4 rings (SSSR count). The quantitative estimate of drug-likeness (QED) is 0.744. The summed E-state index contributed by atoms with van der Waals surface area (Å²) in [6, 6.07) is 14.8. The minimum Gasteiger partial charge on any atom is -0.329 e. The summed E-state index contributed by atoms with van der Waals surface area (Å²) in [6.45, 7) is 3.28. The number of hydrogen-bond donors (Lipinski definition) is 0. The molecule has 3 aromatic rings. The minimum absolute atomic E-state index is 0.492. The van der Waals surface area contributed by atoms with Gasteiger partial charge in [-0.15, -0.1) is 0 Å². The third-order valence-corrected chi connectivity index (χ3v) is 4.81. The number of piperidine rings is 1. The molecule has 23 heavy (non-hydrogen) atoms. The molecule has 1 aliphatic rings. The van der Waals surface area contributed by atoms with Crippen molar-refractivity contribution in [3.05, 3.63) is 60.0 Å². The molecule has 0 spiro atoms. The Bertz CT molecular complexity index is 793. The molecule has 4 nitrogen and oxygen atoms in total. The number of hydrogen-bond acceptors (Lipinski definition) is 3. The van der Waals surface area contributed by atoms with Crippen LogP contribution in [0.1, 0.15) is 30.1 Å². The van der Waals surface area contributed by atoms with E-state index < -0.39 is 0 Å². The molecule has 1 unspecified atom stereocenters. The number of aromatic nitrogens is 3. The van der Waals surface area contributed by atoms with Crippen molar-refractivity contribution in [3.63, 3.8) is 0 Å². The van der Waals surface area contributed by atoms with Crippen LogP contribution in [0.3, 0.4) is 0 Å². The van der Waals surface area contributed by atoms with Crippen LogP contribution in [0.4, 0.5) is 0 Å². The van der Waals surface area contributed by atoms with E-state index >= 15 is 0 Å². The van der Waals surface area contributed by atoms with Crippen LogP contribution in [0, 0.1) is 0 Å². The molecular formula is C19H22N4. The fourth-order valence-electron chi connectivity index (χ4n) is 3.66. The third-order valence-electron chi connectivity index (χ3n) is 4.81. The maximum atomic E-state index is 4.80. The van der Waals surface area contributed by atoms with E-state index in [4.69, 9.17) is 4.98 Å². The number of benzene rings is 1. The summed E-state index contributed by atoms with van der Waals surface area (Å²) in [4.78, 5) is 11.8. The van der Waals surface area contributed by atoms with Gasteiger partial charge in [-0.1, -0.05) is 30.3 Å². The largest absolute Gasteiger partial charge is 0.329 e. The topological polar surface area (TPSA) is 34.0 Å². The van der Waals surface area contributed by atoms with Crippen molar-refractivity contribution in [2.75, 3.05) is 13.1 Å². The van der Waals surface area contributed by atoms with Crippen molar-refractivity contribution >= 4 is 11.2 Å². The van der Waals surface area contributed by atoms with E-state index in [9.17, 15) is 0 Å². The van der Waals surface area contributed by atoms with Crippen molar-refractivity contribution in [2.24, 2.45) is 7.05 Å². The molecule has 4 heteroatoms. The number of fused-ring (bicyclic) bond motifs is 1. The third kappa shape index (κ3) is 2.86. The fourth-order valence-corrected chi connectivity index (χ4v) is 3.66. The number of likely N-dealkylation sites (tertiary alicyclic amines) is 1. The first-order valence-corrected chi connectivity index (χ1v) is 8.35. The van der Waals surface area contributed by atoms with Gasteiger partial charge in [0.25, 0.3) is 0 Å². The Kier molecular flexibility index (Phi) is 3.83. The second-order valence-corrected chi connectivity index (χ2v) is 6.44. The van der Waals surface area contributed by atoms with Gasteiger partial charge in [0.2, 0.25) is 0 Å². The number of imidazole rings is 1. The highest BCUT2D eigenvalue weighted by Crippen LogP contribution is 2.28. The van der Waals surface area contributed by atoms with E-state index in [-0.39, 0.29) is 0 Å². The van der Waals surface area contributed by atoms with Crippen LogP contribution in [0.5, 0.6) is 0 Å².